The van der Waals surface area contributed by atoms with Gasteiger partial charge < -0.3 is 10.2 Å². The molecule has 0 amide bonds. The van der Waals surface area contributed by atoms with E-state index in [1.807, 2.05) is 24.3 Å². The van der Waals surface area contributed by atoms with Gasteiger partial charge in [0.2, 0.25) is 0 Å². The number of likely N-dealkylation sites (tertiary alicyclic amines) is 1. The fourth-order valence-electron chi connectivity index (χ4n) is 4.48. The molecular weight excluding hydrogens is 446 g/mol. The summed E-state index contributed by atoms with van der Waals surface area (Å²) in [6.45, 7) is 10.0. The van der Waals surface area contributed by atoms with Crippen LogP contribution in [0.4, 0.5) is 5.69 Å². The van der Waals surface area contributed by atoms with Gasteiger partial charge in [0, 0.05) is 50.8 Å². The summed E-state index contributed by atoms with van der Waals surface area (Å²) in [6, 6.07) is 23.4. The van der Waals surface area contributed by atoms with Crippen LogP contribution in [0.3, 0.4) is 0 Å². The van der Waals surface area contributed by atoms with Gasteiger partial charge in [0.15, 0.2) is 0 Å². The molecule has 168 valence electrons. The minimum atomic E-state index is 0.478. The highest BCUT2D eigenvalue weighted by atomic mass is 35.5. The molecule has 0 aromatic heterocycles. The molecule has 1 saturated heterocycles. The van der Waals surface area contributed by atoms with E-state index in [0.29, 0.717) is 6.04 Å². The van der Waals surface area contributed by atoms with Crippen LogP contribution in [0, 0.1) is 0 Å². The predicted molar refractivity (Wildman–Crippen MR) is 141 cm³/mol. The highest BCUT2D eigenvalue weighted by Crippen LogP contribution is 2.42. The van der Waals surface area contributed by atoms with E-state index in [0.717, 1.165) is 76.2 Å². The second-order valence-corrected chi connectivity index (χ2v) is 10.1. The Labute approximate surface area is 205 Å². The third-order valence-electron chi connectivity index (χ3n) is 6.43. The van der Waals surface area contributed by atoms with Crippen molar-refractivity contribution < 1.29 is 0 Å². The second kappa shape index (κ2) is 9.76. The molecule has 0 unspecified atom stereocenters. The normalized spacial score (nSPS) is 16.4. The molecule has 3 aromatic rings. The van der Waals surface area contributed by atoms with Crippen molar-refractivity contribution in [2.45, 2.75) is 35.6 Å². The summed E-state index contributed by atoms with van der Waals surface area (Å²) < 4.78 is 0. The molecule has 2 heterocycles. The zero-order valence-corrected chi connectivity index (χ0v) is 20.4. The molecule has 0 saturated carbocycles. The minimum Gasteiger partial charge on any atom is -0.382 e. The van der Waals surface area contributed by atoms with Gasteiger partial charge in [0.05, 0.1) is 11.4 Å². The summed E-state index contributed by atoms with van der Waals surface area (Å²) in [6.07, 6.45) is 2.31. The molecule has 2 aliphatic rings. The van der Waals surface area contributed by atoms with Gasteiger partial charge in [-0.1, -0.05) is 73.3 Å². The number of aliphatic imine (C=N–C) groups is 1. The Morgan fingerprint density at radius 1 is 1.06 bits per heavy atom. The Balaban J connectivity index is 1.46. The van der Waals surface area contributed by atoms with E-state index in [9.17, 15) is 0 Å². The molecule has 0 atom stereocenters. The van der Waals surface area contributed by atoms with Crippen molar-refractivity contribution in [3.05, 3.63) is 95.0 Å². The summed E-state index contributed by atoms with van der Waals surface area (Å²) in [4.78, 5) is 10.0. The number of rotatable bonds is 5. The minimum absolute atomic E-state index is 0.478. The van der Waals surface area contributed by atoms with Crippen molar-refractivity contribution >= 4 is 40.5 Å². The molecule has 0 aliphatic carbocycles. The first-order chi connectivity index (χ1) is 16.1. The molecule has 2 aliphatic heterocycles. The lowest BCUT2D eigenvalue weighted by molar-refractivity contribution is 0.215. The number of nitrogens with one attached hydrogen (secondary N) is 1. The first-order valence-corrected chi connectivity index (χ1v) is 12.7. The van der Waals surface area contributed by atoms with Crippen molar-refractivity contribution in [1.82, 2.24) is 10.2 Å². The molecule has 1 fully saturated rings. The van der Waals surface area contributed by atoms with Crippen LogP contribution in [0.2, 0.25) is 5.02 Å². The van der Waals surface area contributed by atoms with E-state index >= 15 is 0 Å². The topological polar surface area (TPSA) is 27.6 Å². The van der Waals surface area contributed by atoms with Gasteiger partial charge in [-0.05, 0) is 55.3 Å². The van der Waals surface area contributed by atoms with Gasteiger partial charge in [-0.15, -0.1) is 0 Å². The standard InChI is InChI=1S/C28H28ClN3S/c1-3-32-16-14-23(15-17-32)30-19(2)21-10-13-27-25(18-21)31-28(20-8-11-22(29)12-9-20)24-6-4-5-7-26(24)33-27/h4-13,18,23,30H,2-3,14-17H2,1H3. The third-order valence-corrected chi connectivity index (χ3v) is 7.83. The summed E-state index contributed by atoms with van der Waals surface area (Å²) in [5.74, 6) is 0. The molecule has 5 rings (SSSR count). The summed E-state index contributed by atoms with van der Waals surface area (Å²) in [7, 11) is 0. The molecule has 0 radical (unpaired) electrons. The average molecular weight is 474 g/mol. The number of fused-ring (bicyclic) bond motifs is 2. The molecular formula is C28H28ClN3S. The van der Waals surface area contributed by atoms with E-state index in [1.54, 1.807) is 11.8 Å². The molecule has 1 N–H and O–H groups in total. The number of piperidine rings is 1. The predicted octanol–water partition coefficient (Wildman–Crippen LogP) is 7.02. The highest BCUT2D eigenvalue weighted by molar-refractivity contribution is 7.99. The number of hydrogen-bond acceptors (Lipinski definition) is 4. The lowest BCUT2D eigenvalue weighted by Crippen LogP contribution is -2.41. The number of hydrogen-bond donors (Lipinski definition) is 1. The van der Waals surface area contributed by atoms with Crippen molar-refractivity contribution in [3.63, 3.8) is 0 Å². The SMILES string of the molecule is C=C(NC1CCN(CC)CC1)c1ccc2c(c1)N=C(c1ccc(Cl)cc1)c1ccccc1S2. The van der Waals surface area contributed by atoms with Crippen molar-refractivity contribution in [3.8, 4) is 0 Å². The maximum atomic E-state index is 6.15. The van der Waals surface area contributed by atoms with E-state index in [-0.39, 0.29) is 0 Å². The van der Waals surface area contributed by atoms with Gasteiger partial charge in [0.25, 0.3) is 0 Å². The second-order valence-electron chi connectivity index (χ2n) is 8.58. The van der Waals surface area contributed by atoms with Crippen LogP contribution in [0.15, 0.2) is 88.1 Å². The van der Waals surface area contributed by atoms with Gasteiger partial charge in [-0.3, -0.25) is 0 Å². The third kappa shape index (κ3) is 4.89. The molecule has 3 nitrogen and oxygen atoms in total. The number of benzene rings is 3. The highest BCUT2D eigenvalue weighted by Gasteiger charge is 2.21. The smallest absolute Gasteiger partial charge is 0.0793 e. The fraction of sp³-hybridized carbons (Fsp3) is 0.250. The van der Waals surface area contributed by atoms with Crippen LogP contribution in [-0.2, 0) is 0 Å². The van der Waals surface area contributed by atoms with Crippen LogP contribution in [0.5, 0.6) is 0 Å². The monoisotopic (exact) mass is 473 g/mol. The van der Waals surface area contributed by atoms with Crippen LogP contribution < -0.4 is 5.32 Å². The van der Waals surface area contributed by atoms with Crippen LogP contribution in [0.25, 0.3) is 5.70 Å². The quantitative estimate of drug-likeness (QED) is 0.337. The maximum Gasteiger partial charge on any atom is 0.0793 e. The van der Waals surface area contributed by atoms with Crippen LogP contribution in [0.1, 0.15) is 36.5 Å². The van der Waals surface area contributed by atoms with Gasteiger partial charge >= 0.3 is 0 Å². The summed E-state index contributed by atoms with van der Waals surface area (Å²) in [5.41, 5.74) is 6.21. The van der Waals surface area contributed by atoms with Crippen molar-refractivity contribution in [2.24, 2.45) is 4.99 Å². The van der Waals surface area contributed by atoms with Gasteiger partial charge in [0.1, 0.15) is 0 Å². The van der Waals surface area contributed by atoms with E-state index < -0.39 is 0 Å². The van der Waals surface area contributed by atoms with Gasteiger partial charge in [-0.2, -0.15) is 0 Å². The molecule has 33 heavy (non-hydrogen) atoms. The van der Waals surface area contributed by atoms with Crippen molar-refractivity contribution in [2.75, 3.05) is 19.6 Å². The largest absolute Gasteiger partial charge is 0.382 e. The first kappa shape index (κ1) is 22.3. The summed E-state index contributed by atoms with van der Waals surface area (Å²) in [5, 5.41) is 4.40. The summed E-state index contributed by atoms with van der Waals surface area (Å²) >= 11 is 7.92. The molecule has 0 bridgehead atoms. The lowest BCUT2D eigenvalue weighted by Gasteiger charge is -2.32. The average Bonchev–Trinajstić information content (AvgIpc) is 3.01. The Hall–Kier alpha value is -2.53. The molecule has 5 heteroatoms. The Kier molecular flexibility index (Phi) is 6.59. The van der Waals surface area contributed by atoms with Crippen LogP contribution in [-0.4, -0.2) is 36.3 Å². The van der Waals surface area contributed by atoms with E-state index in [1.165, 1.54) is 4.90 Å². The first-order valence-electron chi connectivity index (χ1n) is 11.5. The maximum absolute atomic E-state index is 6.15. The zero-order chi connectivity index (χ0) is 22.8. The molecule has 0 spiro atoms. The van der Waals surface area contributed by atoms with Crippen LogP contribution >= 0.6 is 23.4 Å². The number of nitrogens with zero attached hydrogens (tertiary/aromatic N) is 2. The fourth-order valence-corrected chi connectivity index (χ4v) is 5.61. The van der Waals surface area contributed by atoms with Gasteiger partial charge in [-0.25, -0.2) is 4.99 Å². The molecule has 3 aromatic carbocycles. The van der Waals surface area contributed by atoms with E-state index in [2.05, 4.69) is 66.2 Å². The van der Waals surface area contributed by atoms with Crippen molar-refractivity contribution in [1.29, 1.82) is 0 Å². The lowest BCUT2D eigenvalue weighted by atomic mass is 10.0. The Bertz CT molecular complexity index is 1190. The number of halogens is 1. The Morgan fingerprint density at radius 2 is 1.82 bits per heavy atom. The van der Waals surface area contributed by atoms with E-state index in [4.69, 9.17) is 16.6 Å². The zero-order valence-electron chi connectivity index (χ0n) is 18.9. The Morgan fingerprint density at radius 3 is 2.58 bits per heavy atom.